The average Bonchev–Trinajstić information content (AvgIpc) is 2.59. The molecule has 25 heavy (non-hydrogen) atoms. The molecular formula is C19H24O5P+. The van der Waals surface area contributed by atoms with Crippen LogP contribution in [0.4, 0.5) is 4.79 Å². The minimum Gasteiger partial charge on any atom is -0.444 e. The van der Waals surface area contributed by atoms with E-state index in [9.17, 15) is 14.8 Å². The van der Waals surface area contributed by atoms with Crippen LogP contribution in [0.5, 0.6) is 11.5 Å². The van der Waals surface area contributed by atoms with Gasteiger partial charge in [-0.2, -0.15) is 9.69 Å². The second kappa shape index (κ2) is 8.84. The number of aryl methyl sites for hydroxylation is 2. The lowest BCUT2D eigenvalue weighted by Gasteiger charge is -2.13. The van der Waals surface area contributed by atoms with Gasteiger partial charge in [0.05, 0.1) is 0 Å². The Balaban J connectivity index is 2.12. The first kappa shape index (κ1) is 19.2. The number of hydrogen-bond acceptors (Lipinski definition) is 4. The zero-order valence-corrected chi connectivity index (χ0v) is 15.4. The third kappa shape index (κ3) is 5.45. The van der Waals surface area contributed by atoms with Gasteiger partial charge in [0.2, 0.25) is 0 Å². The molecule has 0 atom stereocenters. The summed E-state index contributed by atoms with van der Waals surface area (Å²) < 4.78 is 10.6. The van der Waals surface area contributed by atoms with Crippen LogP contribution in [-0.2, 0) is 12.8 Å². The molecular weight excluding hydrogens is 339 g/mol. The largest absolute Gasteiger partial charge is 0.618 e. The van der Waals surface area contributed by atoms with Crippen LogP contribution in [0.1, 0.15) is 37.8 Å². The van der Waals surface area contributed by atoms with Gasteiger partial charge in [-0.1, -0.05) is 51.0 Å². The number of hydrogen-bond donors (Lipinski definition) is 2. The molecule has 2 aromatic rings. The molecule has 2 N–H and O–H groups in total. The summed E-state index contributed by atoms with van der Waals surface area (Å²) in [6.07, 6.45) is 3.89. The molecule has 0 amide bonds. The van der Waals surface area contributed by atoms with Crippen LogP contribution in [0.25, 0.3) is 0 Å². The highest BCUT2D eigenvalue weighted by atomic mass is 31.2. The van der Waals surface area contributed by atoms with E-state index in [0.29, 0.717) is 0 Å². The van der Waals surface area contributed by atoms with Crippen molar-refractivity contribution in [1.29, 1.82) is 0 Å². The van der Waals surface area contributed by atoms with Gasteiger partial charge in [-0.15, -0.1) is 0 Å². The van der Waals surface area contributed by atoms with E-state index < -0.39 is 13.7 Å². The fourth-order valence-corrected chi connectivity index (χ4v) is 3.40. The zero-order valence-electron chi connectivity index (χ0n) is 14.5. The summed E-state index contributed by atoms with van der Waals surface area (Å²) in [7, 11) is -4.13. The predicted molar refractivity (Wildman–Crippen MR) is 99.3 cm³/mol. The lowest BCUT2D eigenvalue weighted by atomic mass is 10.1. The summed E-state index contributed by atoms with van der Waals surface area (Å²) in [5.74, 6) is 0.529. The summed E-state index contributed by atoms with van der Waals surface area (Å²) in [5.41, 5.74) is 0.738. The van der Waals surface area contributed by atoms with Gasteiger partial charge in [-0.3, -0.25) is 9.05 Å². The maximum atomic E-state index is 11.5. The SMILES string of the molecule is CCCc1ccc(O[P+](O)(Oc2ccc(CCC)cc2)C(=O)O)cc1. The molecule has 0 aliphatic carbocycles. The molecule has 134 valence electrons. The molecule has 0 spiro atoms. The molecule has 0 fully saturated rings. The van der Waals surface area contributed by atoms with Gasteiger partial charge in [0.15, 0.2) is 11.5 Å². The molecule has 0 saturated heterocycles. The first-order valence-electron chi connectivity index (χ1n) is 8.39. The molecule has 0 radical (unpaired) electrons. The first-order chi connectivity index (χ1) is 12.0. The van der Waals surface area contributed by atoms with Crippen molar-refractivity contribution >= 4 is 13.7 Å². The lowest BCUT2D eigenvalue weighted by molar-refractivity contribution is 0.205. The maximum absolute atomic E-state index is 11.5. The predicted octanol–water partition coefficient (Wildman–Crippen LogP) is 5.48. The van der Waals surface area contributed by atoms with Crippen molar-refractivity contribution in [1.82, 2.24) is 0 Å². The van der Waals surface area contributed by atoms with Crippen LogP contribution in [0.3, 0.4) is 0 Å². The van der Waals surface area contributed by atoms with Crippen LogP contribution >= 0.6 is 7.94 Å². The Morgan fingerprint density at radius 2 is 1.20 bits per heavy atom. The Hall–Kier alpha value is -2.10. The van der Waals surface area contributed by atoms with Crippen molar-refractivity contribution < 1.29 is 23.8 Å². The zero-order chi connectivity index (χ0) is 18.3. The highest BCUT2D eigenvalue weighted by molar-refractivity contribution is 7.77. The van der Waals surface area contributed by atoms with Crippen molar-refractivity contribution in [2.45, 2.75) is 39.5 Å². The lowest BCUT2D eigenvalue weighted by Crippen LogP contribution is -2.16. The van der Waals surface area contributed by atoms with Crippen LogP contribution in [0, 0.1) is 0 Å². The van der Waals surface area contributed by atoms with Crippen molar-refractivity contribution in [2.75, 3.05) is 0 Å². The first-order valence-corrected chi connectivity index (χ1v) is 9.97. The minimum absolute atomic E-state index is 0.265. The van der Waals surface area contributed by atoms with Crippen LogP contribution in [0.15, 0.2) is 48.5 Å². The molecule has 0 unspecified atom stereocenters. The Labute approximate surface area is 148 Å². The van der Waals surface area contributed by atoms with E-state index in [1.807, 2.05) is 24.3 Å². The van der Waals surface area contributed by atoms with Crippen molar-refractivity contribution in [2.24, 2.45) is 0 Å². The van der Waals surface area contributed by atoms with Gasteiger partial charge >= 0.3 is 13.7 Å². The molecule has 0 bridgehead atoms. The van der Waals surface area contributed by atoms with Gasteiger partial charge in [0.25, 0.3) is 0 Å². The van der Waals surface area contributed by atoms with E-state index >= 15 is 0 Å². The monoisotopic (exact) mass is 363 g/mol. The molecule has 0 saturated carbocycles. The number of carboxylic acid groups (broad SMARTS) is 1. The number of benzene rings is 2. The third-order valence-electron chi connectivity index (χ3n) is 3.62. The Kier molecular flexibility index (Phi) is 6.80. The van der Waals surface area contributed by atoms with Gasteiger partial charge in [-0.25, -0.2) is 0 Å². The topological polar surface area (TPSA) is 76.0 Å². The average molecular weight is 363 g/mol. The molecule has 5 nitrogen and oxygen atoms in total. The molecule has 0 heterocycles. The number of rotatable bonds is 9. The Morgan fingerprint density at radius 1 is 0.840 bits per heavy atom. The summed E-state index contributed by atoms with van der Waals surface area (Å²) in [6, 6.07) is 14.0. The fourth-order valence-electron chi connectivity index (χ4n) is 2.39. The van der Waals surface area contributed by atoms with E-state index in [2.05, 4.69) is 13.8 Å². The summed E-state index contributed by atoms with van der Waals surface area (Å²) in [4.78, 5) is 21.9. The molecule has 6 heteroatoms. The maximum Gasteiger partial charge on any atom is 0.618 e. The quantitative estimate of drug-likeness (QED) is 0.577. The molecule has 2 aromatic carbocycles. The van der Waals surface area contributed by atoms with Crippen LogP contribution in [-0.4, -0.2) is 15.7 Å². The third-order valence-corrected chi connectivity index (χ3v) is 5.02. The van der Waals surface area contributed by atoms with Crippen molar-refractivity contribution in [3.8, 4) is 11.5 Å². The van der Waals surface area contributed by atoms with Gasteiger partial charge in [-0.05, 0) is 48.2 Å². The molecule has 2 rings (SSSR count). The summed E-state index contributed by atoms with van der Waals surface area (Å²) in [5, 5.41) is 9.38. The van der Waals surface area contributed by atoms with E-state index in [1.165, 1.54) is 0 Å². The normalized spacial score (nSPS) is 11.2. The van der Waals surface area contributed by atoms with Crippen LogP contribution in [0.2, 0.25) is 0 Å². The van der Waals surface area contributed by atoms with E-state index in [0.717, 1.165) is 36.8 Å². The molecule has 0 aliphatic heterocycles. The highest BCUT2D eigenvalue weighted by Crippen LogP contribution is 2.56. The Bertz CT molecular complexity index is 630. The van der Waals surface area contributed by atoms with Gasteiger partial charge in [0.1, 0.15) is 0 Å². The summed E-state index contributed by atoms with van der Waals surface area (Å²) >= 11 is 0. The molecule has 0 aromatic heterocycles. The number of carbonyl (C=O) groups is 1. The van der Waals surface area contributed by atoms with E-state index in [1.54, 1.807) is 24.3 Å². The minimum atomic E-state index is -4.13. The highest BCUT2D eigenvalue weighted by Gasteiger charge is 2.56. The van der Waals surface area contributed by atoms with Crippen molar-refractivity contribution in [3.05, 3.63) is 59.7 Å². The van der Waals surface area contributed by atoms with Crippen LogP contribution < -0.4 is 9.05 Å². The summed E-state index contributed by atoms with van der Waals surface area (Å²) in [6.45, 7) is 4.16. The smallest absolute Gasteiger partial charge is 0.444 e. The molecule has 0 aliphatic rings. The second-order valence-electron chi connectivity index (χ2n) is 5.77. The van der Waals surface area contributed by atoms with E-state index in [-0.39, 0.29) is 11.5 Å². The Morgan fingerprint density at radius 3 is 1.48 bits per heavy atom. The van der Waals surface area contributed by atoms with Crippen molar-refractivity contribution in [3.63, 3.8) is 0 Å². The van der Waals surface area contributed by atoms with E-state index in [4.69, 9.17) is 9.05 Å². The standard InChI is InChI=1S/C19H23O5P/c1-3-5-15-7-11-17(12-8-15)23-25(22,19(20)21)24-18-13-9-16(6-4-2)10-14-18/h7-14,22H,3-6H2,1-2H3/p+1. The van der Waals surface area contributed by atoms with Gasteiger partial charge in [0, 0.05) is 0 Å². The van der Waals surface area contributed by atoms with Gasteiger partial charge < -0.3 is 5.11 Å². The fraction of sp³-hybridized carbons (Fsp3) is 0.316. The second-order valence-corrected chi connectivity index (χ2v) is 7.56.